The molecule has 5 nitrogen and oxygen atoms in total. The second-order valence-corrected chi connectivity index (χ2v) is 5.79. The van der Waals surface area contributed by atoms with Gasteiger partial charge < -0.3 is 4.84 Å². The van der Waals surface area contributed by atoms with Gasteiger partial charge in [0.1, 0.15) is 5.67 Å². The first-order valence-electron chi connectivity index (χ1n) is 6.33. The minimum atomic E-state index is -1.24. The normalized spacial score (nSPS) is 33.4. The summed E-state index contributed by atoms with van der Waals surface area (Å²) >= 11 is 0. The van der Waals surface area contributed by atoms with Crippen molar-refractivity contribution in [2.24, 2.45) is 5.41 Å². The molecule has 2 amide bonds. The van der Waals surface area contributed by atoms with Gasteiger partial charge in [-0.2, -0.15) is 0 Å². The summed E-state index contributed by atoms with van der Waals surface area (Å²) in [5.74, 6) is -1.99. The third-order valence-corrected chi connectivity index (χ3v) is 4.33. The van der Waals surface area contributed by atoms with Crippen molar-refractivity contribution < 1.29 is 23.6 Å². The molecule has 3 aliphatic carbocycles. The van der Waals surface area contributed by atoms with Gasteiger partial charge in [-0.3, -0.25) is 9.59 Å². The van der Waals surface area contributed by atoms with Crippen LogP contribution in [0.1, 0.15) is 40.0 Å². The number of carbonyl (C=O) groups excluding carboxylic acids is 3. The average Bonchev–Trinajstić information content (AvgIpc) is 2.60. The van der Waals surface area contributed by atoms with Crippen LogP contribution < -0.4 is 0 Å². The smallest absolute Gasteiger partial charge is 0.329 e. The number of nitrogens with zero attached hydrogens (tertiary/aromatic N) is 1. The third kappa shape index (κ3) is 1.23. The van der Waals surface area contributed by atoms with Gasteiger partial charge in [0.25, 0.3) is 11.8 Å². The van der Waals surface area contributed by atoms with Crippen molar-refractivity contribution in [2.75, 3.05) is 0 Å². The van der Waals surface area contributed by atoms with Crippen LogP contribution >= 0.6 is 0 Å². The van der Waals surface area contributed by atoms with Crippen LogP contribution in [0.25, 0.3) is 0 Å². The lowest BCUT2D eigenvalue weighted by Crippen LogP contribution is -2.68. The first kappa shape index (κ1) is 11.6. The maximum atomic E-state index is 13.4. The Morgan fingerprint density at radius 1 is 1.10 bits per heavy atom. The van der Waals surface area contributed by atoms with Gasteiger partial charge in [-0.05, 0) is 31.4 Å². The van der Waals surface area contributed by atoms with Gasteiger partial charge in [0.2, 0.25) is 0 Å². The molecular weight excluding hydrogens is 265 g/mol. The molecule has 0 unspecified atom stereocenters. The van der Waals surface area contributed by atoms with E-state index in [4.69, 9.17) is 4.84 Å². The lowest BCUT2D eigenvalue weighted by molar-refractivity contribution is -0.246. The molecule has 3 fully saturated rings. The van der Waals surface area contributed by atoms with E-state index in [1.807, 2.05) is 0 Å². The van der Waals surface area contributed by atoms with Gasteiger partial charge in [-0.15, -0.1) is 0 Å². The quantitative estimate of drug-likeness (QED) is 0.770. The van der Waals surface area contributed by atoms with Crippen molar-refractivity contribution in [1.29, 1.82) is 0 Å². The van der Waals surface area contributed by atoms with Crippen molar-refractivity contribution in [3.63, 3.8) is 0 Å². The van der Waals surface area contributed by atoms with Gasteiger partial charge in [-0.25, -0.2) is 9.18 Å². The Bertz CT molecular complexity index is 629. The van der Waals surface area contributed by atoms with Gasteiger partial charge in [0, 0.05) is 0 Å². The van der Waals surface area contributed by atoms with Crippen molar-refractivity contribution in [3.05, 3.63) is 35.4 Å². The Morgan fingerprint density at radius 2 is 1.60 bits per heavy atom. The Labute approximate surface area is 113 Å². The molecule has 0 atom stereocenters. The number of imide groups is 1. The molecule has 20 heavy (non-hydrogen) atoms. The SMILES string of the molecule is O=C1c2ccccc2C(=O)N1OC(=O)C12CC(F)(C1)C2. The lowest BCUT2D eigenvalue weighted by Gasteiger charge is -2.63. The maximum absolute atomic E-state index is 13.4. The highest BCUT2D eigenvalue weighted by molar-refractivity contribution is 6.20. The Morgan fingerprint density at radius 3 is 2.05 bits per heavy atom. The lowest BCUT2D eigenvalue weighted by atomic mass is 9.42. The van der Waals surface area contributed by atoms with E-state index in [1.165, 1.54) is 12.1 Å². The Balaban J connectivity index is 1.55. The van der Waals surface area contributed by atoms with Gasteiger partial charge in [0.05, 0.1) is 16.5 Å². The minimum Gasteiger partial charge on any atom is -0.329 e. The van der Waals surface area contributed by atoms with Crippen LogP contribution in [0.5, 0.6) is 0 Å². The van der Waals surface area contributed by atoms with Crippen molar-refractivity contribution in [1.82, 2.24) is 5.06 Å². The standard InChI is InChI=1S/C14H10FNO4/c15-14-5-13(6-14,7-14)12(19)20-16-10(17)8-3-1-2-4-9(8)11(16)18/h1-4H,5-7H2. The number of hydrogen-bond donors (Lipinski definition) is 0. The molecule has 1 heterocycles. The largest absolute Gasteiger partial charge is 0.339 e. The zero-order valence-electron chi connectivity index (χ0n) is 10.4. The maximum Gasteiger partial charge on any atom is 0.339 e. The molecule has 0 radical (unpaired) electrons. The summed E-state index contributed by atoms with van der Waals surface area (Å²) in [6.45, 7) is 0. The Kier molecular flexibility index (Phi) is 1.88. The van der Waals surface area contributed by atoms with Crippen molar-refractivity contribution >= 4 is 17.8 Å². The molecule has 0 aromatic heterocycles. The molecular formula is C14H10FNO4. The number of halogens is 1. The molecule has 0 spiro atoms. The van der Waals surface area contributed by atoms with Crippen LogP contribution in [0.4, 0.5) is 4.39 Å². The molecule has 1 aliphatic heterocycles. The molecule has 1 aromatic carbocycles. The fourth-order valence-electron chi connectivity index (χ4n) is 3.31. The van der Waals surface area contributed by atoms with E-state index in [0.717, 1.165) is 0 Å². The van der Waals surface area contributed by atoms with Crippen molar-refractivity contribution in [2.45, 2.75) is 24.9 Å². The first-order chi connectivity index (χ1) is 9.44. The summed E-state index contributed by atoms with van der Waals surface area (Å²) in [7, 11) is 0. The van der Waals surface area contributed by atoms with E-state index in [1.54, 1.807) is 12.1 Å². The number of alkyl halides is 1. The number of carbonyl (C=O) groups is 3. The molecule has 0 N–H and O–H groups in total. The Hall–Kier alpha value is -2.24. The average molecular weight is 275 g/mol. The van der Waals surface area contributed by atoms with Crippen molar-refractivity contribution in [3.8, 4) is 0 Å². The molecule has 102 valence electrons. The summed E-state index contributed by atoms with van der Waals surface area (Å²) in [5.41, 5.74) is -1.64. The summed E-state index contributed by atoms with van der Waals surface area (Å²) in [6.07, 6.45) is 0.381. The summed E-state index contributed by atoms with van der Waals surface area (Å²) in [6, 6.07) is 6.26. The third-order valence-electron chi connectivity index (χ3n) is 4.33. The van der Waals surface area contributed by atoms with Crippen LogP contribution in [0, 0.1) is 5.41 Å². The number of amides is 2. The predicted octanol–water partition coefficient (Wildman–Crippen LogP) is 1.63. The van der Waals surface area contributed by atoms with E-state index < -0.39 is 28.9 Å². The zero-order valence-corrected chi connectivity index (χ0v) is 10.4. The number of hydroxylamine groups is 2. The molecule has 0 saturated heterocycles. The second-order valence-electron chi connectivity index (χ2n) is 5.79. The zero-order chi connectivity index (χ0) is 14.1. The molecule has 2 bridgehead atoms. The summed E-state index contributed by atoms with van der Waals surface area (Å²) in [5, 5.41) is 0.484. The number of benzene rings is 1. The minimum absolute atomic E-state index is 0.127. The van der Waals surface area contributed by atoms with Crippen LogP contribution in [0.3, 0.4) is 0 Å². The van der Waals surface area contributed by atoms with E-state index in [-0.39, 0.29) is 30.4 Å². The molecule has 1 aromatic rings. The second kappa shape index (κ2) is 3.26. The van der Waals surface area contributed by atoms with Gasteiger partial charge in [-0.1, -0.05) is 17.2 Å². The highest BCUT2D eigenvalue weighted by atomic mass is 19.1. The van der Waals surface area contributed by atoms with E-state index in [9.17, 15) is 18.8 Å². The first-order valence-corrected chi connectivity index (χ1v) is 6.33. The predicted molar refractivity (Wildman–Crippen MR) is 63.2 cm³/mol. The molecule has 3 saturated carbocycles. The van der Waals surface area contributed by atoms with Crippen LogP contribution in [0.2, 0.25) is 0 Å². The van der Waals surface area contributed by atoms with Gasteiger partial charge in [0.15, 0.2) is 0 Å². The summed E-state index contributed by atoms with van der Waals surface area (Å²) in [4.78, 5) is 40.9. The topological polar surface area (TPSA) is 63.7 Å². The number of fused-ring (bicyclic) bond motifs is 1. The van der Waals surface area contributed by atoms with E-state index in [0.29, 0.717) is 5.06 Å². The highest BCUT2D eigenvalue weighted by Crippen LogP contribution is 2.69. The van der Waals surface area contributed by atoms with Crippen LogP contribution in [-0.4, -0.2) is 28.5 Å². The molecule has 5 rings (SSSR count). The number of hydrogen-bond acceptors (Lipinski definition) is 4. The fourth-order valence-corrected chi connectivity index (χ4v) is 3.31. The number of rotatable bonds is 2. The van der Waals surface area contributed by atoms with E-state index >= 15 is 0 Å². The van der Waals surface area contributed by atoms with E-state index in [2.05, 4.69) is 0 Å². The summed E-state index contributed by atoms with van der Waals surface area (Å²) < 4.78 is 13.4. The molecule has 4 aliphatic rings. The van der Waals surface area contributed by atoms with Crippen LogP contribution in [0.15, 0.2) is 24.3 Å². The monoisotopic (exact) mass is 275 g/mol. The van der Waals surface area contributed by atoms with Gasteiger partial charge >= 0.3 is 5.97 Å². The molecule has 6 heteroatoms. The van der Waals surface area contributed by atoms with Crippen LogP contribution in [-0.2, 0) is 9.63 Å². The fraction of sp³-hybridized carbons (Fsp3) is 0.357. The highest BCUT2D eigenvalue weighted by Gasteiger charge is 2.74.